The summed E-state index contributed by atoms with van der Waals surface area (Å²) in [6.07, 6.45) is 1.40. The first-order chi connectivity index (χ1) is 15.2. The van der Waals surface area contributed by atoms with Gasteiger partial charge in [-0.1, -0.05) is 35.1 Å². The van der Waals surface area contributed by atoms with Crippen molar-refractivity contribution < 1.29 is 23.9 Å². The summed E-state index contributed by atoms with van der Waals surface area (Å²) in [4.78, 5) is 38.7. The van der Waals surface area contributed by atoms with Crippen molar-refractivity contribution in [3.63, 3.8) is 0 Å². The van der Waals surface area contributed by atoms with Crippen LogP contribution in [-0.4, -0.2) is 37.0 Å². The van der Waals surface area contributed by atoms with E-state index >= 15 is 0 Å². The molecule has 168 valence electrons. The number of benzene rings is 2. The molecule has 1 amide bonds. The van der Waals surface area contributed by atoms with E-state index in [1.165, 1.54) is 20.4 Å². The van der Waals surface area contributed by atoms with Gasteiger partial charge in [-0.3, -0.25) is 4.79 Å². The van der Waals surface area contributed by atoms with Crippen LogP contribution in [0, 0.1) is 13.8 Å². The number of nitrogens with one attached hydrogen (secondary N) is 1. The predicted octanol–water partition coefficient (Wildman–Crippen LogP) is 4.51. The molecule has 3 N–H and O–H groups in total. The molecule has 0 saturated heterocycles. The van der Waals surface area contributed by atoms with E-state index in [0.717, 1.165) is 22.5 Å². The third kappa shape index (κ3) is 6.53. The monoisotopic (exact) mass is 475 g/mol. The predicted molar refractivity (Wildman–Crippen MR) is 125 cm³/mol. The first kappa shape index (κ1) is 24.8. The highest BCUT2D eigenvalue weighted by atomic mass is 35.5. The summed E-state index contributed by atoms with van der Waals surface area (Å²) in [5.41, 5.74) is 9.41. The summed E-state index contributed by atoms with van der Waals surface area (Å²) in [6.45, 7) is 3.71. The number of hydrogen-bond donors (Lipinski definition) is 2. The average molecular weight is 476 g/mol. The Kier molecular flexibility index (Phi) is 8.74. The number of carbonyl (C=O) groups is 3. The molecule has 0 saturated carbocycles. The Balaban J connectivity index is 0.000000258. The van der Waals surface area contributed by atoms with Gasteiger partial charge in [-0.15, -0.1) is 0 Å². The fraction of sp³-hybridized carbons (Fsp3) is 0.182. The Bertz CT molecular complexity index is 1150. The number of aryl methyl sites for hydroxylation is 2. The first-order valence-corrected chi connectivity index (χ1v) is 10.4. The Morgan fingerprint density at radius 3 is 2.03 bits per heavy atom. The minimum Gasteiger partial charge on any atom is -0.465 e. The van der Waals surface area contributed by atoms with Gasteiger partial charge in [-0.05, 0) is 49.2 Å². The van der Waals surface area contributed by atoms with Crippen LogP contribution in [0.2, 0.25) is 4.47 Å². The summed E-state index contributed by atoms with van der Waals surface area (Å²) in [5, 5.41) is 2.72. The van der Waals surface area contributed by atoms with Crippen LogP contribution in [0.25, 0.3) is 0 Å². The SMILES string of the molecule is COC(=O)c1ccc(C)c(N)c1.COC(=O)c1ccc(C)c(NC(=O)c2cnc(Cl)s2)c1. The summed E-state index contributed by atoms with van der Waals surface area (Å²) in [6, 6.07) is 10.0. The van der Waals surface area contributed by atoms with Gasteiger partial charge in [0, 0.05) is 11.4 Å². The van der Waals surface area contributed by atoms with Gasteiger partial charge in [0.25, 0.3) is 5.91 Å². The molecule has 0 aliphatic carbocycles. The minimum absolute atomic E-state index is 0.301. The number of rotatable bonds is 4. The van der Waals surface area contributed by atoms with Crippen molar-refractivity contribution in [2.24, 2.45) is 0 Å². The second kappa shape index (κ2) is 11.3. The van der Waals surface area contributed by atoms with Crippen LogP contribution in [0.1, 0.15) is 41.5 Å². The Hall–Kier alpha value is -3.43. The van der Waals surface area contributed by atoms with E-state index in [4.69, 9.17) is 17.3 Å². The fourth-order valence-corrected chi connectivity index (χ4v) is 3.26. The zero-order chi connectivity index (χ0) is 23.8. The van der Waals surface area contributed by atoms with Crippen LogP contribution in [0.5, 0.6) is 0 Å². The van der Waals surface area contributed by atoms with Gasteiger partial charge in [-0.25, -0.2) is 14.6 Å². The van der Waals surface area contributed by atoms with Gasteiger partial charge in [0.15, 0.2) is 4.47 Å². The molecular weight excluding hydrogens is 454 g/mol. The highest BCUT2D eigenvalue weighted by Crippen LogP contribution is 2.22. The lowest BCUT2D eigenvalue weighted by molar-refractivity contribution is 0.0592. The van der Waals surface area contributed by atoms with E-state index in [0.29, 0.717) is 31.8 Å². The largest absolute Gasteiger partial charge is 0.465 e. The van der Waals surface area contributed by atoms with Gasteiger partial charge in [-0.2, -0.15) is 0 Å². The number of esters is 2. The number of ether oxygens (including phenoxy) is 2. The molecule has 2 aromatic carbocycles. The normalized spacial score (nSPS) is 9.91. The summed E-state index contributed by atoms with van der Waals surface area (Å²) < 4.78 is 9.48. The van der Waals surface area contributed by atoms with Crippen LogP contribution in [0.15, 0.2) is 42.6 Å². The number of aromatic nitrogens is 1. The van der Waals surface area contributed by atoms with E-state index in [1.54, 1.807) is 36.4 Å². The molecule has 8 nitrogen and oxygen atoms in total. The second-order valence-electron chi connectivity index (χ2n) is 6.52. The lowest BCUT2D eigenvalue weighted by atomic mass is 10.1. The van der Waals surface area contributed by atoms with Crippen molar-refractivity contribution in [2.75, 3.05) is 25.3 Å². The molecule has 1 heterocycles. The maximum absolute atomic E-state index is 12.0. The number of hydrogen-bond acceptors (Lipinski definition) is 8. The quantitative estimate of drug-likeness (QED) is 0.420. The number of nitrogen functional groups attached to an aromatic ring is 1. The molecule has 1 aromatic heterocycles. The van der Waals surface area contributed by atoms with Crippen molar-refractivity contribution in [3.8, 4) is 0 Å². The van der Waals surface area contributed by atoms with Gasteiger partial charge >= 0.3 is 11.9 Å². The lowest BCUT2D eigenvalue weighted by Crippen LogP contribution is -2.12. The van der Waals surface area contributed by atoms with Crippen molar-refractivity contribution in [3.05, 3.63) is 74.2 Å². The molecule has 0 aliphatic heterocycles. The van der Waals surface area contributed by atoms with Crippen LogP contribution < -0.4 is 11.1 Å². The fourth-order valence-electron chi connectivity index (χ4n) is 2.43. The Labute approximate surface area is 194 Å². The van der Waals surface area contributed by atoms with Crippen LogP contribution in [-0.2, 0) is 9.47 Å². The number of methoxy groups -OCH3 is 2. The smallest absolute Gasteiger partial charge is 0.337 e. The summed E-state index contributed by atoms with van der Waals surface area (Å²) in [5.74, 6) is -1.14. The maximum atomic E-state index is 12.0. The van der Waals surface area contributed by atoms with Gasteiger partial charge in [0.05, 0.1) is 31.5 Å². The van der Waals surface area contributed by atoms with Crippen molar-refractivity contribution in [2.45, 2.75) is 13.8 Å². The molecule has 3 aromatic rings. The van der Waals surface area contributed by atoms with Crippen molar-refractivity contribution in [1.82, 2.24) is 4.98 Å². The number of halogens is 1. The highest BCUT2D eigenvalue weighted by Gasteiger charge is 2.13. The van der Waals surface area contributed by atoms with Gasteiger partial charge < -0.3 is 20.5 Å². The molecule has 0 fully saturated rings. The van der Waals surface area contributed by atoms with Gasteiger partial charge in [0.1, 0.15) is 4.88 Å². The molecule has 0 atom stereocenters. The molecule has 10 heteroatoms. The summed E-state index contributed by atoms with van der Waals surface area (Å²) in [7, 11) is 2.65. The topological polar surface area (TPSA) is 121 Å². The number of amides is 1. The third-order valence-electron chi connectivity index (χ3n) is 4.31. The molecule has 0 bridgehead atoms. The number of carbonyl (C=O) groups excluding carboxylic acids is 3. The molecule has 3 rings (SSSR count). The van der Waals surface area contributed by atoms with E-state index in [-0.39, 0.29) is 11.9 Å². The standard InChI is InChI=1S/C13H11ClN2O3S.C9H11NO2/c1-7-3-4-8(12(18)19-2)5-9(7)16-11(17)10-6-15-13(14)20-10;1-6-3-4-7(5-8(6)10)9(11)12-2/h3-6H,1-2H3,(H,16,17);3-5H,10H2,1-2H3. The summed E-state index contributed by atoms with van der Waals surface area (Å²) >= 11 is 6.78. The van der Waals surface area contributed by atoms with Crippen molar-refractivity contribution >= 4 is 52.2 Å². The second-order valence-corrected chi connectivity index (χ2v) is 8.13. The van der Waals surface area contributed by atoms with Crippen LogP contribution in [0.3, 0.4) is 0 Å². The van der Waals surface area contributed by atoms with E-state index < -0.39 is 5.97 Å². The van der Waals surface area contributed by atoms with E-state index in [2.05, 4.69) is 19.8 Å². The third-order valence-corrected chi connectivity index (χ3v) is 5.42. The number of nitrogens with two attached hydrogens (primary N) is 1. The highest BCUT2D eigenvalue weighted by molar-refractivity contribution is 7.17. The molecule has 0 aliphatic rings. The molecule has 0 unspecified atom stereocenters. The van der Waals surface area contributed by atoms with E-state index in [1.807, 2.05) is 13.8 Å². The minimum atomic E-state index is -0.457. The molecular formula is C22H22ClN3O5S. The average Bonchev–Trinajstić information content (AvgIpc) is 3.23. The van der Waals surface area contributed by atoms with Crippen LogP contribution >= 0.6 is 22.9 Å². The number of thiazole rings is 1. The Morgan fingerprint density at radius 1 is 0.969 bits per heavy atom. The molecule has 32 heavy (non-hydrogen) atoms. The number of nitrogens with zero attached hydrogens (tertiary/aromatic N) is 1. The zero-order valence-corrected chi connectivity index (χ0v) is 19.5. The maximum Gasteiger partial charge on any atom is 0.337 e. The van der Waals surface area contributed by atoms with Crippen molar-refractivity contribution in [1.29, 1.82) is 0 Å². The first-order valence-electron chi connectivity index (χ1n) is 9.22. The lowest BCUT2D eigenvalue weighted by Gasteiger charge is -2.09. The van der Waals surface area contributed by atoms with E-state index in [9.17, 15) is 14.4 Å². The number of anilines is 2. The zero-order valence-electron chi connectivity index (χ0n) is 17.9. The molecule has 0 spiro atoms. The van der Waals surface area contributed by atoms with Gasteiger partial charge in [0.2, 0.25) is 0 Å². The Morgan fingerprint density at radius 2 is 1.53 bits per heavy atom. The van der Waals surface area contributed by atoms with Crippen LogP contribution in [0.4, 0.5) is 11.4 Å². The molecule has 0 radical (unpaired) electrons.